The molecule has 0 aromatic carbocycles. The molecule has 8 nitrogen and oxygen atoms in total. The lowest BCUT2D eigenvalue weighted by Crippen LogP contribution is -2.42. The third-order valence-corrected chi connectivity index (χ3v) is 7.21. The van der Waals surface area contributed by atoms with Crippen LogP contribution in [0.4, 0.5) is 10.2 Å². The molecule has 3 N–H and O–H groups in total. The summed E-state index contributed by atoms with van der Waals surface area (Å²) >= 11 is 1.30. The Morgan fingerprint density at radius 1 is 1.25 bits per heavy atom. The van der Waals surface area contributed by atoms with Gasteiger partial charge in [-0.05, 0) is 50.1 Å². The Morgan fingerprint density at radius 3 is 2.84 bits per heavy atom. The number of carbonyl (C=O) groups excluding carboxylic acids is 1. The fourth-order valence-electron chi connectivity index (χ4n) is 4.21. The van der Waals surface area contributed by atoms with Gasteiger partial charge in [-0.2, -0.15) is 0 Å². The first-order valence-electron chi connectivity index (χ1n) is 10.8. The Labute approximate surface area is 189 Å². The molecule has 1 atom stereocenters. The number of aromatic nitrogens is 4. The second-order valence-electron chi connectivity index (χ2n) is 8.32. The predicted molar refractivity (Wildman–Crippen MR) is 120 cm³/mol. The molecule has 10 heteroatoms. The van der Waals surface area contributed by atoms with Gasteiger partial charge in [-0.3, -0.25) is 9.78 Å². The minimum atomic E-state index is -0.307. The van der Waals surface area contributed by atoms with Gasteiger partial charge >= 0.3 is 0 Å². The van der Waals surface area contributed by atoms with Gasteiger partial charge in [-0.1, -0.05) is 6.42 Å². The van der Waals surface area contributed by atoms with Crippen LogP contribution in [0.3, 0.4) is 0 Å². The minimum Gasteiger partial charge on any atom is -0.368 e. The highest BCUT2D eigenvalue weighted by atomic mass is 32.1. The van der Waals surface area contributed by atoms with Gasteiger partial charge in [0.25, 0.3) is 5.91 Å². The zero-order chi connectivity index (χ0) is 22.0. The molecule has 5 rings (SSSR count). The molecule has 0 spiro atoms. The third-order valence-electron chi connectivity index (χ3n) is 6.19. The highest BCUT2D eigenvalue weighted by Crippen LogP contribution is 2.43. The van der Waals surface area contributed by atoms with E-state index >= 15 is 0 Å². The zero-order valence-corrected chi connectivity index (χ0v) is 18.3. The van der Waals surface area contributed by atoms with E-state index in [-0.39, 0.29) is 23.2 Å². The molecule has 2 aliphatic rings. The lowest BCUT2D eigenvalue weighted by atomic mass is 9.66. The molecule has 1 saturated heterocycles. The van der Waals surface area contributed by atoms with Crippen LogP contribution in [0.1, 0.15) is 41.0 Å². The Kier molecular flexibility index (Phi) is 5.79. The summed E-state index contributed by atoms with van der Waals surface area (Å²) in [5.41, 5.74) is 0.819. The maximum Gasteiger partial charge on any atom is 0.263 e. The Bertz CT molecular complexity index is 1090. The summed E-state index contributed by atoms with van der Waals surface area (Å²) in [6.45, 7) is 2.27. The number of amides is 1. The number of nitrogens with zero attached hydrogens (tertiary/aromatic N) is 4. The van der Waals surface area contributed by atoms with Crippen molar-refractivity contribution in [1.29, 1.82) is 0 Å². The minimum absolute atomic E-state index is 0.110. The smallest absolute Gasteiger partial charge is 0.263 e. The van der Waals surface area contributed by atoms with Crippen LogP contribution in [0.5, 0.6) is 0 Å². The van der Waals surface area contributed by atoms with Gasteiger partial charge in [0, 0.05) is 30.7 Å². The SMILES string of the molecule is O=C(NC1CCNC1)c1cnc(-c2ccc(NCC3(c4ncccc4F)CCC3)nn2)s1. The second kappa shape index (κ2) is 8.87. The van der Waals surface area contributed by atoms with Crippen LogP contribution >= 0.6 is 11.3 Å². The van der Waals surface area contributed by atoms with Gasteiger partial charge in [0.2, 0.25) is 0 Å². The normalized spacial score (nSPS) is 19.3. The monoisotopic (exact) mass is 453 g/mol. The van der Waals surface area contributed by atoms with E-state index < -0.39 is 0 Å². The fraction of sp³-hybridized carbons (Fsp3) is 0.409. The molecule has 1 aliphatic carbocycles. The van der Waals surface area contributed by atoms with Crippen molar-refractivity contribution in [1.82, 2.24) is 30.8 Å². The number of pyridine rings is 1. The van der Waals surface area contributed by atoms with Crippen LogP contribution < -0.4 is 16.0 Å². The fourth-order valence-corrected chi connectivity index (χ4v) is 4.99. The summed E-state index contributed by atoms with van der Waals surface area (Å²) in [7, 11) is 0. The van der Waals surface area contributed by atoms with E-state index in [0.29, 0.717) is 33.6 Å². The van der Waals surface area contributed by atoms with Crippen LogP contribution in [0.2, 0.25) is 0 Å². The van der Waals surface area contributed by atoms with Crippen molar-refractivity contribution in [2.75, 3.05) is 25.0 Å². The molecule has 0 radical (unpaired) electrons. The van der Waals surface area contributed by atoms with E-state index in [4.69, 9.17) is 0 Å². The molecule has 1 aliphatic heterocycles. The van der Waals surface area contributed by atoms with E-state index in [9.17, 15) is 9.18 Å². The first-order chi connectivity index (χ1) is 15.6. The van der Waals surface area contributed by atoms with E-state index in [1.165, 1.54) is 17.4 Å². The van der Waals surface area contributed by atoms with E-state index in [1.807, 2.05) is 12.1 Å². The Hall–Kier alpha value is -2.98. The molecule has 1 saturated carbocycles. The number of halogens is 1. The average molecular weight is 454 g/mol. The number of nitrogens with one attached hydrogen (secondary N) is 3. The first-order valence-corrected chi connectivity index (χ1v) is 11.6. The van der Waals surface area contributed by atoms with E-state index in [1.54, 1.807) is 18.5 Å². The molecule has 1 amide bonds. The molecular formula is C22H24FN7OS. The topological polar surface area (TPSA) is 105 Å². The van der Waals surface area contributed by atoms with Gasteiger partial charge in [0.15, 0.2) is 0 Å². The average Bonchev–Trinajstić information content (AvgIpc) is 3.47. The van der Waals surface area contributed by atoms with Crippen molar-refractivity contribution in [2.45, 2.75) is 37.1 Å². The standard InChI is InChI=1S/C22H24FN7OS/c23-15-3-1-9-25-19(15)22(7-2-8-22)13-27-18-5-4-16(29-30-18)21-26-12-17(32-21)20(31)28-14-6-10-24-11-14/h1,3-5,9,12,14,24H,2,6-8,10-11,13H2,(H,27,30)(H,28,31). The Morgan fingerprint density at radius 2 is 2.16 bits per heavy atom. The molecule has 3 aromatic heterocycles. The molecule has 2 fully saturated rings. The third kappa shape index (κ3) is 4.20. The summed E-state index contributed by atoms with van der Waals surface area (Å²) in [5, 5.41) is 18.7. The van der Waals surface area contributed by atoms with Crippen LogP contribution in [0.15, 0.2) is 36.7 Å². The highest BCUT2D eigenvalue weighted by Gasteiger charge is 2.41. The highest BCUT2D eigenvalue weighted by molar-refractivity contribution is 7.16. The summed E-state index contributed by atoms with van der Waals surface area (Å²) < 4.78 is 14.3. The lowest BCUT2D eigenvalue weighted by molar-refractivity contribution is 0.0944. The van der Waals surface area contributed by atoms with Gasteiger partial charge < -0.3 is 16.0 Å². The maximum atomic E-state index is 14.3. The van der Waals surface area contributed by atoms with Gasteiger partial charge in [-0.25, -0.2) is 9.37 Å². The van der Waals surface area contributed by atoms with Gasteiger partial charge in [0.1, 0.15) is 27.2 Å². The van der Waals surface area contributed by atoms with Crippen LogP contribution in [0.25, 0.3) is 10.7 Å². The van der Waals surface area contributed by atoms with Crippen LogP contribution in [-0.4, -0.2) is 51.7 Å². The van der Waals surface area contributed by atoms with Crippen LogP contribution in [-0.2, 0) is 5.41 Å². The summed E-state index contributed by atoms with van der Waals surface area (Å²) in [6, 6.07) is 6.89. The zero-order valence-electron chi connectivity index (χ0n) is 17.5. The van der Waals surface area contributed by atoms with Gasteiger partial charge in [0.05, 0.1) is 11.9 Å². The number of hydrogen-bond acceptors (Lipinski definition) is 8. The molecule has 4 heterocycles. The quantitative estimate of drug-likeness (QED) is 0.505. The van der Waals surface area contributed by atoms with Crippen molar-refractivity contribution in [2.24, 2.45) is 0 Å². The molecule has 1 unspecified atom stereocenters. The first kappa shape index (κ1) is 20.9. The lowest BCUT2D eigenvalue weighted by Gasteiger charge is -2.41. The van der Waals surface area contributed by atoms with Crippen LogP contribution in [0, 0.1) is 5.82 Å². The number of rotatable bonds is 7. The number of hydrogen-bond donors (Lipinski definition) is 3. The van der Waals surface area contributed by atoms with E-state index in [2.05, 4.69) is 36.1 Å². The molecule has 0 bridgehead atoms. The number of anilines is 1. The summed E-state index contributed by atoms with van der Waals surface area (Å²) in [5.74, 6) is 0.240. The van der Waals surface area contributed by atoms with Crippen molar-refractivity contribution in [3.05, 3.63) is 53.0 Å². The Balaban J connectivity index is 1.22. The largest absolute Gasteiger partial charge is 0.368 e. The van der Waals surface area contributed by atoms with E-state index in [0.717, 1.165) is 38.8 Å². The van der Waals surface area contributed by atoms with Crippen molar-refractivity contribution in [3.63, 3.8) is 0 Å². The molecule has 32 heavy (non-hydrogen) atoms. The molecule has 166 valence electrons. The summed E-state index contributed by atoms with van der Waals surface area (Å²) in [4.78, 5) is 21.6. The summed E-state index contributed by atoms with van der Waals surface area (Å²) in [6.07, 6.45) is 6.99. The van der Waals surface area contributed by atoms with Crippen molar-refractivity contribution in [3.8, 4) is 10.7 Å². The van der Waals surface area contributed by atoms with Crippen molar-refractivity contribution < 1.29 is 9.18 Å². The molecule has 3 aromatic rings. The van der Waals surface area contributed by atoms with Gasteiger partial charge in [-0.15, -0.1) is 21.5 Å². The maximum absolute atomic E-state index is 14.3. The predicted octanol–water partition coefficient (Wildman–Crippen LogP) is 2.76. The molecular weight excluding hydrogens is 429 g/mol. The number of thiazole rings is 1. The second-order valence-corrected chi connectivity index (χ2v) is 9.35. The van der Waals surface area contributed by atoms with Crippen molar-refractivity contribution >= 4 is 23.1 Å². The number of carbonyl (C=O) groups is 1.